The van der Waals surface area contributed by atoms with Crippen LogP contribution in [0, 0.1) is 5.92 Å². The highest BCUT2D eigenvalue weighted by atomic mass is 16.5. The molecule has 0 aromatic heterocycles. The summed E-state index contributed by atoms with van der Waals surface area (Å²) in [6, 6.07) is 7.43. The maximum atomic E-state index is 12.3. The number of ketones is 1. The molecule has 0 bridgehead atoms. The minimum absolute atomic E-state index is 0.188. The molecule has 0 aliphatic heterocycles. The predicted octanol–water partition coefficient (Wildman–Crippen LogP) is 3.00. The van der Waals surface area contributed by atoms with Gasteiger partial charge in [0.25, 0.3) is 0 Å². The van der Waals surface area contributed by atoms with E-state index < -0.39 is 0 Å². The Morgan fingerprint density at radius 1 is 1.42 bits per heavy atom. The van der Waals surface area contributed by atoms with E-state index in [-0.39, 0.29) is 5.78 Å². The number of hydrogen-bond acceptors (Lipinski definition) is 3. The lowest BCUT2D eigenvalue weighted by molar-refractivity contribution is 0.0927. The number of rotatable bonds is 8. The zero-order valence-electron chi connectivity index (χ0n) is 11.9. The van der Waals surface area contributed by atoms with Crippen LogP contribution in [0.25, 0.3) is 0 Å². The highest BCUT2D eigenvalue weighted by molar-refractivity contribution is 5.97. The van der Waals surface area contributed by atoms with Gasteiger partial charge in [-0.1, -0.05) is 19.1 Å². The summed E-state index contributed by atoms with van der Waals surface area (Å²) in [6.07, 6.45) is 3.75. The molecule has 1 aromatic rings. The van der Waals surface area contributed by atoms with Crippen molar-refractivity contribution in [2.45, 2.75) is 26.2 Å². The lowest BCUT2D eigenvalue weighted by atomic mass is 10.1. The van der Waals surface area contributed by atoms with Crippen LogP contribution >= 0.6 is 0 Å². The third-order valence-corrected chi connectivity index (χ3v) is 3.51. The largest absolute Gasteiger partial charge is 0.497 e. The molecule has 0 spiro atoms. The first-order valence-corrected chi connectivity index (χ1v) is 7.12. The van der Waals surface area contributed by atoms with Crippen molar-refractivity contribution < 1.29 is 9.53 Å². The van der Waals surface area contributed by atoms with Crippen molar-refractivity contribution >= 4 is 5.78 Å². The van der Waals surface area contributed by atoms with Crippen molar-refractivity contribution in [3.05, 3.63) is 29.8 Å². The Kier molecular flexibility index (Phi) is 4.97. The molecule has 1 saturated carbocycles. The number of benzene rings is 1. The van der Waals surface area contributed by atoms with Gasteiger partial charge in [0.1, 0.15) is 5.75 Å². The second-order valence-corrected chi connectivity index (χ2v) is 5.33. The van der Waals surface area contributed by atoms with E-state index in [1.807, 2.05) is 24.3 Å². The molecular formula is C16H23NO2. The zero-order valence-corrected chi connectivity index (χ0v) is 11.9. The van der Waals surface area contributed by atoms with E-state index in [9.17, 15) is 4.79 Å². The van der Waals surface area contributed by atoms with Crippen LogP contribution in [-0.4, -0.2) is 37.4 Å². The van der Waals surface area contributed by atoms with E-state index in [2.05, 4.69) is 11.8 Å². The van der Waals surface area contributed by atoms with Gasteiger partial charge >= 0.3 is 0 Å². The van der Waals surface area contributed by atoms with Crippen LogP contribution in [0.5, 0.6) is 5.75 Å². The van der Waals surface area contributed by atoms with Crippen LogP contribution < -0.4 is 4.74 Å². The summed E-state index contributed by atoms with van der Waals surface area (Å²) in [5, 5.41) is 0. The third kappa shape index (κ3) is 4.35. The summed E-state index contributed by atoms with van der Waals surface area (Å²) in [5.41, 5.74) is 0.747. The molecule has 1 fully saturated rings. The molecule has 2 rings (SSSR count). The minimum Gasteiger partial charge on any atom is -0.497 e. The van der Waals surface area contributed by atoms with E-state index in [0.29, 0.717) is 6.54 Å². The number of ether oxygens (including phenoxy) is 1. The Bertz CT molecular complexity index is 427. The first-order chi connectivity index (χ1) is 9.22. The molecule has 0 unspecified atom stereocenters. The normalized spacial score (nSPS) is 14.7. The average molecular weight is 261 g/mol. The van der Waals surface area contributed by atoms with Crippen molar-refractivity contribution in [1.29, 1.82) is 0 Å². The minimum atomic E-state index is 0.188. The van der Waals surface area contributed by atoms with Crippen molar-refractivity contribution in [3.63, 3.8) is 0 Å². The average Bonchev–Trinajstić information content (AvgIpc) is 3.23. The van der Waals surface area contributed by atoms with Crippen LogP contribution in [-0.2, 0) is 0 Å². The summed E-state index contributed by atoms with van der Waals surface area (Å²) in [6.45, 7) is 4.77. The number of carbonyl (C=O) groups is 1. The lowest BCUT2D eigenvalue weighted by Gasteiger charge is -2.20. The Labute approximate surface area is 115 Å². The molecule has 0 saturated heterocycles. The van der Waals surface area contributed by atoms with Gasteiger partial charge in [0, 0.05) is 12.1 Å². The molecule has 0 atom stereocenters. The number of Topliss-reactive ketones (excluding diaryl/α,β-unsaturated/α-hetero) is 1. The molecule has 1 aliphatic rings. The lowest BCUT2D eigenvalue weighted by Crippen LogP contribution is -2.32. The van der Waals surface area contributed by atoms with E-state index >= 15 is 0 Å². The van der Waals surface area contributed by atoms with Gasteiger partial charge in [-0.25, -0.2) is 0 Å². The Morgan fingerprint density at radius 2 is 2.21 bits per heavy atom. The van der Waals surface area contributed by atoms with Crippen molar-refractivity contribution in [2.24, 2.45) is 5.92 Å². The Morgan fingerprint density at radius 3 is 2.84 bits per heavy atom. The summed E-state index contributed by atoms with van der Waals surface area (Å²) in [7, 11) is 1.63. The van der Waals surface area contributed by atoms with Crippen molar-refractivity contribution in [1.82, 2.24) is 4.90 Å². The molecule has 3 nitrogen and oxygen atoms in total. The van der Waals surface area contributed by atoms with E-state index in [0.717, 1.165) is 36.7 Å². The number of methoxy groups -OCH3 is 1. The predicted molar refractivity (Wildman–Crippen MR) is 76.8 cm³/mol. The fourth-order valence-electron chi connectivity index (χ4n) is 2.31. The number of carbonyl (C=O) groups excluding carboxylic acids is 1. The van der Waals surface area contributed by atoms with Gasteiger partial charge in [-0.15, -0.1) is 0 Å². The molecule has 0 amide bonds. The molecule has 0 radical (unpaired) electrons. The second kappa shape index (κ2) is 6.71. The maximum Gasteiger partial charge on any atom is 0.176 e. The molecule has 104 valence electrons. The van der Waals surface area contributed by atoms with Crippen LogP contribution in [0.15, 0.2) is 24.3 Å². The quantitative estimate of drug-likeness (QED) is 0.674. The van der Waals surface area contributed by atoms with Gasteiger partial charge in [-0.05, 0) is 43.9 Å². The smallest absolute Gasteiger partial charge is 0.176 e. The van der Waals surface area contributed by atoms with Crippen LogP contribution in [0.2, 0.25) is 0 Å². The van der Waals surface area contributed by atoms with Crippen LogP contribution in [0.1, 0.15) is 36.5 Å². The molecule has 1 aliphatic carbocycles. The molecule has 1 aromatic carbocycles. The van der Waals surface area contributed by atoms with Gasteiger partial charge in [-0.3, -0.25) is 9.69 Å². The summed E-state index contributed by atoms with van der Waals surface area (Å²) in [5.74, 6) is 1.76. The summed E-state index contributed by atoms with van der Waals surface area (Å²) in [4.78, 5) is 14.6. The van der Waals surface area contributed by atoms with Gasteiger partial charge in [0.05, 0.1) is 13.7 Å². The van der Waals surface area contributed by atoms with Gasteiger partial charge in [-0.2, -0.15) is 0 Å². The third-order valence-electron chi connectivity index (χ3n) is 3.51. The van der Waals surface area contributed by atoms with Crippen LogP contribution in [0.3, 0.4) is 0 Å². The van der Waals surface area contributed by atoms with E-state index in [4.69, 9.17) is 4.74 Å². The summed E-state index contributed by atoms with van der Waals surface area (Å²) >= 11 is 0. The maximum absolute atomic E-state index is 12.3. The van der Waals surface area contributed by atoms with E-state index in [1.54, 1.807) is 7.11 Å². The standard InChI is InChI=1S/C16H23NO2/c1-3-9-17(11-13-7-8-13)12-16(18)14-5-4-6-15(10-14)19-2/h4-6,10,13H,3,7-9,11-12H2,1-2H3. The Balaban J connectivity index is 1.96. The first kappa shape index (κ1) is 14.1. The van der Waals surface area contributed by atoms with E-state index in [1.165, 1.54) is 12.8 Å². The van der Waals surface area contributed by atoms with Gasteiger partial charge in [0.15, 0.2) is 5.78 Å². The monoisotopic (exact) mass is 261 g/mol. The highest BCUT2D eigenvalue weighted by Gasteiger charge is 2.25. The summed E-state index contributed by atoms with van der Waals surface area (Å²) < 4.78 is 5.17. The van der Waals surface area contributed by atoms with Crippen molar-refractivity contribution in [2.75, 3.05) is 26.7 Å². The molecule has 19 heavy (non-hydrogen) atoms. The highest BCUT2D eigenvalue weighted by Crippen LogP contribution is 2.29. The van der Waals surface area contributed by atoms with Gasteiger partial charge < -0.3 is 4.74 Å². The topological polar surface area (TPSA) is 29.5 Å². The second-order valence-electron chi connectivity index (χ2n) is 5.33. The zero-order chi connectivity index (χ0) is 13.7. The molecular weight excluding hydrogens is 238 g/mol. The van der Waals surface area contributed by atoms with Crippen LogP contribution in [0.4, 0.5) is 0 Å². The fraction of sp³-hybridized carbons (Fsp3) is 0.562. The molecule has 0 N–H and O–H groups in total. The first-order valence-electron chi connectivity index (χ1n) is 7.12. The molecule has 3 heteroatoms. The number of hydrogen-bond donors (Lipinski definition) is 0. The SMILES string of the molecule is CCCN(CC(=O)c1cccc(OC)c1)CC1CC1. The molecule has 0 heterocycles. The number of nitrogens with zero attached hydrogens (tertiary/aromatic N) is 1. The Hall–Kier alpha value is -1.35. The van der Waals surface area contributed by atoms with Crippen molar-refractivity contribution in [3.8, 4) is 5.75 Å². The fourth-order valence-corrected chi connectivity index (χ4v) is 2.31. The van der Waals surface area contributed by atoms with Gasteiger partial charge in [0.2, 0.25) is 0 Å².